The van der Waals surface area contributed by atoms with Gasteiger partial charge in [-0.2, -0.15) is 0 Å². The first-order chi connectivity index (χ1) is 12.2. The molecule has 1 aliphatic heterocycles. The van der Waals surface area contributed by atoms with Gasteiger partial charge in [0.2, 0.25) is 5.90 Å². The molecule has 3 aromatic rings. The van der Waals surface area contributed by atoms with Crippen LogP contribution in [0.3, 0.4) is 0 Å². The van der Waals surface area contributed by atoms with E-state index >= 15 is 0 Å². The molecule has 4 heteroatoms. The van der Waals surface area contributed by atoms with E-state index in [0.29, 0.717) is 5.90 Å². The average Bonchev–Trinajstić information content (AvgIpc) is 3.02. The first-order valence-corrected chi connectivity index (χ1v) is 7.89. The number of nitrogens with zero attached hydrogens (tertiary/aromatic N) is 1. The number of methoxy groups -OCH3 is 1. The molecule has 0 unspecified atom stereocenters. The van der Waals surface area contributed by atoms with Gasteiger partial charge in [0.1, 0.15) is 5.75 Å². The topological polar surface area (TPSA) is 47.9 Å². The van der Waals surface area contributed by atoms with Crippen LogP contribution in [0.15, 0.2) is 77.4 Å². The molecule has 0 aromatic heterocycles. The van der Waals surface area contributed by atoms with Crippen molar-refractivity contribution in [3.05, 3.63) is 83.6 Å². The van der Waals surface area contributed by atoms with Crippen molar-refractivity contribution in [1.82, 2.24) is 0 Å². The van der Waals surface area contributed by atoms with Crippen LogP contribution in [0.4, 0.5) is 0 Å². The second-order valence-electron chi connectivity index (χ2n) is 5.67. The standard InChI is InChI=1S/C21H15NO3/c1-24-18-10-6-14(7-11-18)12-19-21(23)25-20(22-19)17-9-8-15-4-2-3-5-16(15)13-17/h2-13H,1H3/b19-12-. The highest BCUT2D eigenvalue weighted by molar-refractivity contribution is 6.13. The monoisotopic (exact) mass is 329 g/mol. The Labute approximate surface area is 145 Å². The van der Waals surface area contributed by atoms with Crippen LogP contribution in [0.5, 0.6) is 5.75 Å². The Morgan fingerprint density at radius 1 is 0.960 bits per heavy atom. The smallest absolute Gasteiger partial charge is 0.363 e. The van der Waals surface area contributed by atoms with Crippen LogP contribution in [0.2, 0.25) is 0 Å². The summed E-state index contributed by atoms with van der Waals surface area (Å²) in [5, 5.41) is 2.21. The molecular formula is C21H15NO3. The summed E-state index contributed by atoms with van der Waals surface area (Å²) in [5.41, 5.74) is 1.93. The van der Waals surface area contributed by atoms with Crippen molar-refractivity contribution >= 4 is 28.7 Å². The summed E-state index contributed by atoms with van der Waals surface area (Å²) in [5.74, 6) is 0.644. The maximum absolute atomic E-state index is 12.1. The number of rotatable bonds is 3. The van der Waals surface area contributed by atoms with E-state index < -0.39 is 5.97 Å². The number of benzene rings is 3. The van der Waals surface area contributed by atoms with Gasteiger partial charge in [-0.05, 0) is 46.7 Å². The van der Waals surface area contributed by atoms with Crippen LogP contribution in [0.1, 0.15) is 11.1 Å². The summed E-state index contributed by atoms with van der Waals surface area (Å²) in [7, 11) is 1.61. The summed E-state index contributed by atoms with van der Waals surface area (Å²) < 4.78 is 10.5. The minimum atomic E-state index is -0.445. The second kappa shape index (κ2) is 6.24. The number of cyclic esters (lactones) is 1. The number of fused-ring (bicyclic) bond motifs is 1. The van der Waals surface area contributed by atoms with Gasteiger partial charge in [-0.1, -0.05) is 42.5 Å². The predicted molar refractivity (Wildman–Crippen MR) is 97.5 cm³/mol. The van der Waals surface area contributed by atoms with Crippen molar-refractivity contribution in [3.63, 3.8) is 0 Å². The quantitative estimate of drug-likeness (QED) is 0.535. The van der Waals surface area contributed by atoms with Crippen molar-refractivity contribution < 1.29 is 14.3 Å². The van der Waals surface area contributed by atoms with Gasteiger partial charge in [-0.25, -0.2) is 9.79 Å². The lowest BCUT2D eigenvalue weighted by Gasteiger charge is -2.02. The average molecular weight is 329 g/mol. The van der Waals surface area contributed by atoms with E-state index in [1.165, 1.54) is 0 Å². The number of ether oxygens (including phenoxy) is 2. The number of aliphatic imine (C=N–C) groups is 1. The minimum absolute atomic E-state index is 0.285. The first-order valence-electron chi connectivity index (χ1n) is 7.89. The third kappa shape index (κ3) is 3.02. The Balaban J connectivity index is 1.67. The third-order valence-corrected chi connectivity index (χ3v) is 4.04. The molecule has 0 fully saturated rings. The lowest BCUT2D eigenvalue weighted by Crippen LogP contribution is -2.05. The number of esters is 1. The minimum Gasteiger partial charge on any atom is -0.497 e. The van der Waals surface area contributed by atoms with Crippen LogP contribution in [-0.2, 0) is 9.53 Å². The molecule has 0 saturated carbocycles. The fraction of sp³-hybridized carbons (Fsp3) is 0.0476. The highest BCUT2D eigenvalue weighted by Crippen LogP contribution is 2.23. The normalized spacial score (nSPS) is 15.3. The Bertz CT molecular complexity index is 1020. The molecule has 0 spiro atoms. The van der Waals surface area contributed by atoms with Gasteiger partial charge in [-0.15, -0.1) is 0 Å². The van der Waals surface area contributed by atoms with Crippen LogP contribution in [0, 0.1) is 0 Å². The summed E-state index contributed by atoms with van der Waals surface area (Å²) in [6.45, 7) is 0. The lowest BCUT2D eigenvalue weighted by atomic mass is 10.1. The van der Waals surface area contributed by atoms with Gasteiger partial charge >= 0.3 is 5.97 Å². The molecule has 0 N–H and O–H groups in total. The lowest BCUT2D eigenvalue weighted by molar-refractivity contribution is -0.129. The van der Waals surface area contributed by atoms with Crippen molar-refractivity contribution in [1.29, 1.82) is 0 Å². The Kier molecular flexibility index (Phi) is 3.78. The maximum Gasteiger partial charge on any atom is 0.363 e. The van der Waals surface area contributed by atoms with Gasteiger partial charge in [0.05, 0.1) is 7.11 Å². The number of carbonyl (C=O) groups is 1. The van der Waals surface area contributed by atoms with Gasteiger partial charge in [-0.3, -0.25) is 0 Å². The third-order valence-electron chi connectivity index (χ3n) is 4.04. The van der Waals surface area contributed by atoms with Gasteiger partial charge in [0.15, 0.2) is 5.70 Å². The highest BCUT2D eigenvalue weighted by atomic mass is 16.6. The van der Waals surface area contributed by atoms with Crippen molar-refractivity contribution in [3.8, 4) is 5.75 Å². The molecule has 25 heavy (non-hydrogen) atoms. The van der Waals surface area contributed by atoms with Gasteiger partial charge < -0.3 is 9.47 Å². The molecule has 0 saturated heterocycles. The van der Waals surface area contributed by atoms with Crippen LogP contribution in [0.25, 0.3) is 16.8 Å². The molecule has 122 valence electrons. The summed E-state index contributed by atoms with van der Waals surface area (Å²) in [6.07, 6.45) is 1.70. The van der Waals surface area contributed by atoms with E-state index in [1.54, 1.807) is 13.2 Å². The zero-order chi connectivity index (χ0) is 17.2. The molecule has 0 bridgehead atoms. The van der Waals surface area contributed by atoms with Crippen molar-refractivity contribution in [2.75, 3.05) is 7.11 Å². The molecule has 0 aliphatic carbocycles. The Hall–Kier alpha value is -3.40. The van der Waals surface area contributed by atoms with Crippen LogP contribution >= 0.6 is 0 Å². The largest absolute Gasteiger partial charge is 0.497 e. The predicted octanol–water partition coefficient (Wildman–Crippen LogP) is 4.19. The fourth-order valence-corrected chi connectivity index (χ4v) is 2.71. The molecule has 4 nitrogen and oxygen atoms in total. The first kappa shape index (κ1) is 15.1. The zero-order valence-electron chi connectivity index (χ0n) is 13.6. The number of hydrogen-bond acceptors (Lipinski definition) is 4. The fourth-order valence-electron chi connectivity index (χ4n) is 2.71. The van der Waals surface area contributed by atoms with E-state index in [0.717, 1.165) is 27.6 Å². The molecule has 0 atom stereocenters. The van der Waals surface area contributed by atoms with Gasteiger partial charge in [0, 0.05) is 5.56 Å². The van der Waals surface area contributed by atoms with Crippen LogP contribution in [-0.4, -0.2) is 19.0 Å². The van der Waals surface area contributed by atoms with Gasteiger partial charge in [0.25, 0.3) is 0 Å². The van der Waals surface area contributed by atoms with E-state index in [-0.39, 0.29) is 5.70 Å². The molecule has 3 aromatic carbocycles. The summed E-state index contributed by atoms with van der Waals surface area (Å²) >= 11 is 0. The Morgan fingerprint density at radius 2 is 1.72 bits per heavy atom. The summed E-state index contributed by atoms with van der Waals surface area (Å²) in [6, 6.07) is 21.3. The van der Waals surface area contributed by atoms with E-state index in [1.807, 2.05) is 66.7 Å². The molecule has 0 amide bonds. The molecular weight excluding hydrogens is 314 g/mol. The molecule has 4 rings (SSSR count). The molecule has 0 radical (unpaired) electrons. The highest BCUT2D eigenvalue weighted by Gasteiger charge is 2.24. The van der Waals surface area contributed by atoms with Crippen LogP contribution < -0.4 is 4.74 Å². The van der Waals surface area contributed by atoms with E-state index in [4.69, 9.17) is 9.47 Å². The van der Waals surface area contributed by atoms with Crippen molar-refractivity contribution in [2.24, 2.45) is 4.99 Å². The van der Waals surface area contributed by atoms with E-state index in [9.17, 15) is 4.79 Å². The number of carbonyl (C=O) groups excluding carboxylic acids is 1. The maximum atomic E-state index is 12.1. The number of hydrogen-bond donors (Lipinski definition) is 0. The molecule has 1 aliphatic rings. The molecule has 1 heterocycles. The second-order valence-corrected chi connectivity index (χ2v) is 5.67. The summed E-state index contributed by atoms with van der Waals surface area (Å²) in [4.78, 5) is 16.5. The zero-order valence-corrected chi connectivity index (χ0v) is 13.6. The Morgan fingerprint density at radius 3 is 2.48 bits per heavy atom. The van der Waals surface area contributed by atoms with Crippen molar-refractivity contribution in [2.45, 2.75) is 0 Å². The SMILES string of the molecule is COc1ccc(/C=C2\N=C(c3ccc4ccccc4c3)OC2=O)cc1. The van der Waals surface area contributed by atoms with E-state index in [2.05, 4.69) is 4.99 Å².